The third kappa shape index (κ3) is 1.66. The van der Waals surface area contributed by atoms with Crippen LogP contribution in [0.25, 0.3) is 11.0 Å². The summed E-state index contributed by atoms with van der Waals surface area (Å²) >= 11 is 0. The highest BCUT2D eigenvalue weighted by atomic mass is 15.1. The zero-order valence-corrected chi connectivity index (χ0v) is 10.7. The molecule has 3 rings (SSSR count). The number of pyridine rings is 1. The predicted octanol–water partition coefficient (Wildman–Crippen LogP) is 2.32. The number of imidazole rings is 1. The third-order valence-electron chi connectivity index (χ3n) is 3.13. The zero-order chi connectivity index (χ0) is 12.7. The van der Waals surface area contributed by atoms with Crippen LogP contribution in [0.1, 0.15) is 26.0 Å². The Morgan fingerprint density at radius 3 is 3.06 bits per heavy atom. The molecule has 0 spiro atoms. The molecule has 5 nitrogen and oxygen atoms in total. The van der Waals surface area contributed by atoms with E-state index in [1.54, 1.807) is 0 Å². The van der Waals surface area contributed by atoms with E-state index in [0.717, 1.165) is 41.8 Å². The highest BCUT2D eigenvalue weighted by molar-refractivity contribution is 5.96. The molecule has 94 valence electrons. The molecule has 1 aliphatic heterocycles. The van der Waals surface area contributed by atoms with E-state index in [4.69, 9.17) is 5.73 Å². The fourth-order valence-corrected chi connectivity index (χ4v) is 2.40. The molecule has 3 heterocycles. The summed E-state index contributed by atoms with van der Waals surface area (Å²) in [6.07, 6.45) is 5.63. The molecule has 0 aliphatic carbocycles. The lowest BCUT2D eigenvalue weighted by molar-refractivity contribution is 0.533. The van der Waals surface area contributed by atoms with Crippen LogP contribution in [0.3, 0.4) is 0 Å². The number of rotatable bonds is 2. The number of fused-ring (bicyclic) bond motifs is 3. The second kappa shape index (κ2) is 4.08. The minimum atomic E-state index is 0.517. The summed E-state index contributed by atoms with van der Waals surface area (Å²) in [7, 11) is 0. The van der Waals surface area contributed by atoms with E-state index in [1.165, 1.54) is 0 Å². The van der Waals surface area contributed by atoms with E-state index in [2.05, 4.69) is 33.4 Å². The van der Waals surface area contributed by atoms with Crippen LogP contribution in [0.15, 0.2) is 11.3 Å². The Hall–Kier alpha value is -1.91. The van der Waals surface area contributed by atoms with Gasteiger partial charge >= 0.3 is 0 Å². The lowest BCUT2D eigenvalue weighted by atomic mass is 10.1. The maximum atomic E-state index is 5.99. The third-order valence-corrected chi connectivity index (χ3v) is 3.13. The lowest BCUT2D eigenvalue weighted by Gasteiger charge is -2.14. The Balaban J connectivity index is 2.28. The Morgan fingerprint density at radius 1 is 1.44 bits per heavy atom. The quantitative estimate of drug-likeness (QED) is 0.880. The molecule has 1 aliphatic rings. The Kier molecular flexibility index (Phi) is 2.54. The normalized spacial score (nSPS) is 14.4. The van der Waals surface area contributed by atoms with Gasteiger partial charge in [0.1, 0.15) is 11.2 Å². The number of hydrogen-bond donors (Lipinski definition) is 1. The number of aromatic nitrogens is 3. The van der Waals surface area contributed by atoms with Crippen LogP contribution in [-0.4, -0.2) is 20.7 Å². The average molecular weight is 243 g/mol. The van der Waals surface area contributed by atoms with Crippen LogP contribution in [0, 0.1) is 5.92 Å². The summed E-state index contributed by atoms with van der Waals surface area (Å²) in [6.45, 7) is 5.29. The SMILES string of the molecule is CC(C)Cn1cnc2c(N)nc3c(c21)N=CCC3. The molecule has 0 atom stereocenters. The first-order valence-electron chi connectivity index (χ1n) is 6.32. The largest absolute Gasteiger partial charge is 0.382 e. The van der Waals surface area contributed by atoms with Crippen LogP contribution in [0.4, 0.5) is 11.5 Å². The Bertz CT molecular complexity index is 624. The summed E-state index contributed by atoms with van der Waals surface area (Å²) < 4.78 is 2.14. The molecular weight excluding hydrogens is 226 g/mol. The van der Waals surface area contributed by atoms with E-state index in [-0.39, 0.29) is 0 Å². The van der Waals surface area contributed by atoms with Crippen molar-refractivity contribution in [2.75, 3.05) is 5.73 Å². The molecule has 0 saturated heterocycles. The van der Waals surface area contributed by atoms with Gasteiger partial charge in [-0.25, -0.2) is 9.97 Å². The molecule has 0 bridgehead atoms. The predicted molar refractivity (Wildman–Crippen MR) is 73.3 cm³/mol. The number of aryl methyl sites for hydroxylation is 1. The first kappa shape index (κ1) is 11.2. The Morgan fingerprint density at radius 2 is 2.28 bits per heavy atom. The lowest BCUT2D eigenvalue weighted by Crippen LogP contribution is -2.06. The van der Waals surface area contributed by atoms with Crippen molar-refractivity contribution in [1.82, 2.24) is 14.5 Å². The van der Waals surface area contributed by atoms with Gasteiger partial charge < -0.3 is 10.3 Å². The van der Waals surface area contributed by atoms with Crippen molar-refractivity contribution in [3.05, 3.63) is 12.0 Å². The van der Waals surface area contributed by atoms with Gasteiger partial charge in [-0.15, -0.1) is 0 Å². The monoisotopic (exact) mass is 243 g/mol. The molecule has 0 amide bonds. The van der Waals surface area contributed by atoms with Crippen LogP contribution in [0.5, 0.6) is 0 Å². The fourth-order valence-electron chi connectivity index (χ4n) is 2.40. The first-order valence-corrected chi connectivity index (χ1v) is 6.32. The fraction of sp³-hybridized carbons (Fsp3) is 0.462. The second-order valence-corrected chi connectivity index (χ2v) is 5.13. The van der Waals surface area contributed by atoms with Crippen molar-refractivity contribution in [3.8, 4) is 0 Å². The van der Waals surface area contributed by atoms with E-state index in [1.807, 2.05) is 12.5 Å². The van der Waals surface area contributed by atoms with Crippen molar-refractivity contribution in [1.29, 1.82) is 0 Å². The van der Waals surface area contributed by atoms with Crippen molar-refractivity contribution in [2.45, 2.75) is 33.2 Å². The van der Waals surface area contributed by atoms with Crippen LogP contribution < -0.4 is 5.73 Å². The highest BCUT2D eigenvalue weighted by Gasteiger charge is 2.18. The number of anilines is 1. The summed E-state index contributed by atoms with van der Waals surface area (Å²) in [5, 5.41) is 0. The Labute approximate surface area is 106 Å². The topological polar surface area (TPSA) is 69.1 Å². The number of nitrogens with zero attached hydrogens (tertiary/aromatic N) is 4. The molecule has 0 unspecified atom stereocenters. The van der Waals surface area contributed by atoms with Gasteiger partial charge in [-0.2, -0.15) is 0 Å². The van der Waals surface area contributed by atoms with Gasteiger partial charge in [0.25, 0.3) is 0 Å². The average Bonchev–Trinajstić information content (AvgIpc) is 2.73. The number of aliphatic imine (C=N–C) groups is 1. The molecule has 5 heteroatoms. The molecular formula is C13H17N5. The minimum Gasteiger partial charge on any atom is -0.382 e. The number of nitrogens with two attached hydrogens (primary N) is 1. The van der Waals surface area contributed by atoms with Gasteiger partial charge in [0.05, 0.1) is 17.5 Å². The maximum Gasteiger partial charge on any atom is 0.152 e. The van der Waals surface area contributed by atoms with Crippen LogP contribution in [-0.2, 0) is 13.0 Å². The van der Waals surface area contributed by atoms with Crippen LogP contribution in [0.2, 0.25) is 0 Å². The summed E-state index contributed by atoms with van der Waals surface area (Å²) in [4.78, 5) is 13.3. The highest BCUT2D eigenvalue weighted by Crippen LogP contribution is 2.34. The molecule has 18 heavy (non-hydrogen) atoms. The smallest absolute Gasteiger partial charge is 0.152 e. The number of hydrogen-bond acceptors (Lipinski definition) is 4. The molecule has 0 aromatic carbocycles. The number of nitrogen functional groups attached to an aromatic ring is 1. The van der Waals surface area contributed by atoms with Gasteiger partial charge in [-0.05, 0) is 18.8 Å². The van der Waals surface area contributed by atoms with E-state index in [0.29, 0.717) is 11.7 Å². The standard InChI is InChI=1S/C13H17N5/c1-8(2)6-18-7-16-11-12(18)10-9(17-13(11)14)4-3-5-15-10/h5,7-8H,3-4,6H2,1-2H3,(H2,14,17). The molecule has 2 aromatic heterocycles. The first-order chi connectivity index (χ1) is 8.66. The zero-order valence-electron chi connectivity index (χ0n) is 10.7. The minimum absolute atomic E-state index is 0.517. The van der Waals surface area contributed by atoms with Gasteiger partial charge in [-0.3, -0.25) is 4.99 Å². The summed E-state index contributed by atoms with van der Waals surface area (Å²) in [5.74, 6) is 1.07. The van der Waals surface area contributed by atoms with Gasteiger partial charge in [-0.1, -0.05) is 13.8 Å². The van der Waals surface area contributed by atoms with Crippen molar-refractivity contribution in [3.63, 3.8) is 0 Å². The summed E-state index contributed by atoms with van der Waals surface area (Å²) in [6, 6.07) is 0. The van der Waals surface area contributed by atoms with E-state index in [9.17, 15) is 0 Å². The van der Waals surface area contributed by atoms with E-state index >= 15 is 0 Å². The van der Waals surface area contributed by atoms with Gasteiger partial charge in [0, 0.05) is 12.8 Å². The molecule has 0 saturated carbocycles. The van der Waals surface area contributed by atoms with Crippen molar-refractivity contribution >= 4 is 28.8 Å². The molecule has 0 fully saturated rings. The van der Waals surface area contributed by atoms with Gasteiger partial charge in [0.2, 0.25) is 0 Å². The van der Waals surface area contributed by atoms with E-state index < -0.39 is 0 Å². The molecule has 0 radical (unpaired) electrons. The molecule has 2 aromatic rings. The van der Waals surface area contributed by atoms with Crippen molar-refractivity contribution in [2.24, 2.45) is 10.9 Å². The summed E-state index contributed by atoms with van der Waals surface area (Å²) in [5.41, 5.74) is 9.73. The van der Waals surface area contributed by atoms with Crippen LogP contribution >= 0.6 is 0 Å². The van der Waals surface area contributed by atoms with Gasteiger partial charge in [0.15, 0.2) is 5.82 Å². The van der Waals surface area contributed by atoms with Crippen molar-refractivity contribution < 1.29 is 0 Å². The second-order valence-electron chi connectivity index (χ2n) is 5.13. The molecule has 2 N–H and O–H groups in total. The maximum absolute atomic E-state index is 5.99.